The van der Waals surface area contributed by atoms with E-state index in [-0.39, 0.29) is 55.5 Å². The van der Waals surface area contributed by atoms with E-state index in [0.717, 1.165) is 12.1 Å². The molecule has 272 valence electrons. The van der Waals surface area contributed by atoms with Gasteiger partial charge in [0.05, 0.1) is 25.7 Å². The van der Waals surface area contributed by atoms with Crippen molar-refractivity contribution in [2.45, 2.75) is 41.0 Å². The number of ether oxygens (including phenoxy) is 2. The molecule has 0 radical (unpaired) electrons. The average Bonchev–Trinajstić information content (AvgIpc) is 2.94. The van der Waals surface area contributed by atoms with Crippen molar-refractivity contribution >= 4 is 59.3 Å². The molecule has 10 N–H and O–H groups in total. The van der Waals surface area contributed by atoms with E-state index in [1.54, 1.807) is 19.9 Å². The number of rotatable bonds is 11. The van der Waals surface area contributed by atoms with Crippen molar-refractivity contribution in [1.82, 2.24) is 0 Å². The van der Waals surface area contributed by atoms with Crippen LogP contribution in [0, 0.1) is 34.0 Å². The zero-order valence-electron chi connectivity index (χ0n) is 25.7. The van der Waals surface area contributed by atoms with E-state index < -0.39 is 88.3 Å². The van der Waals surface area contributed by atoms with Gasteiger partial charge in [-0.3, -0.25) is 19.2 Å². The van der Waals surface area contributed by atoms with Gasteiger partial charge in [-0.15, -0.1) is 0 Å². The zero-order valence-corrected chi connectivity index (χ0v) is 27.7. The second-order valence-electron chi connectivity index (χ2n) is 6.68. The summed E-state index contributed by atoms with van der Waals surface area (Å²) in [6.07, 6.45) is -0.872. The Balaban J connectivity index is -0.0000000729. The van der Waals surface area contributed by atoms with Crippen LogP contribution in [0.25, 0.3) is 0 Å². The number of amides is 1. The number of aliphatic carboxylic acids is 5. The number of nitrogens with two attached hydrogens (primary N) is 1. The van der Waals surface area contributed by atoms with Crippen LogP contribution in [0.5, 0.6) is 0 Å². The maximum absolute atomic E-state index is 10.2. The average molecular weight is 731 g/mol. The van der Waals surface area contributed by atoms with E-state index in [1.165, 1.54) is 6.92 Å². The minimum absolute atomic E-state index is 0. The second-order valence-corrected chi connectivity index (χ2v) is 6.68. The number of carboxylic acids is 5. The summed E-state index contributed by atoms with van der Waals surface area (Å²) < 4.78 is 8.74. The number of hydrogen-bond donors (Lipinski definition) is 8. The number of nitriles is 3. The largest absolute Gasteiger partial charge is 1.00 e. The van der Waals surface area contributed by atoms with Gasteiger partial charge in [0.15, 0.2) is 11.1 Å². The first-order chi connectivity index (χ1) is 21.5. The number of aliphatic hydroxyl groups excluding tert-OH is 2. The Labute approximate surface area is 303 Å². The molecule has 0 aliphatic heterocycles. The van der Waals surface area contributed by atoms with Crippen molar-refractivity contribution in [3.63, 3.8) is 0 Å². The quantitative estimate of drug-likeness (QED) is 0.0189. The van der Waals surface area contributed by atoms with Crippen molar-refractivity contribution in [2.75, 3.05) is 13.2 Å². The van der Waals surface area contributed by atoms with Gasteiger partial charge in [0.1, 0.15) is 18.6 Å². The molecule has 24 nitrogen and oxygen atoms in total. The third-order valence-corrected chi connectivity index (χ3v) is 3.20. The molecule has 0 heterocycles. The molecule has 0 aromatic rings. The standard InChI is InChI=1S/2C5H3NO5.C5H7NO2.C5H8O3.C4H5NO4.CH4.Na.H2O/c2*6-1-2(4(8)9)3(7)5(10)11;1-2-8-5(7)3-4-6;1-3-8-5(7)4(2)6;5-3(7)1-2(6)4(8)9;;;/h2*7H,(H,8,9)(H,10,11);2-3H2,1H3;3H2,1-2H3;1H2,(H2,5,7)(H,8,9);1H4;;1H2/q;;;;;;+1;/p-1. The molecule has 0 bridgehead atoms. The fraction of sp³-hybridized carbons (Fsp3) is 0.320. The van der Waals surface area contributed by atoms with Gasteiger partial charge in [0.2, 0.25) is 29.0 Å². The van der Waals surface area contributed by atoms with Crippen LogP contribution in [0.3, 0.4) is 0 Å². The van der Waals surface area contributed by atoms with E-state index in [2.05, 4.69) is 15.2 Å². The van der Waals surface area contributed by atoms with E-state index in [0.29, 0.717) is 6.61 Å². The Morgan fingerprint density at radius 3 is 1.10 bits per heavy atom. The SMILES string of the molecule is C.CCOC(=O)C(C)=O.CCOC(=O)CC#N.N#CC(C(=O)O)=C(O)C(=O)O.N#CC(C(=O)O)=C(O)C(=O)O.NC(=O)CC(=O)C(=O)O.[Na+].[OH-]. The van der Waals surface area contributed by atoms with Gasteiger partial charge < -0.3 is 56.4 Å². The van der Waals surface area contributed by atoms with Crippen molar-refractivity contribution in [3.05, 3.63) is 22.7 Å². The molecule has 0 fully saturated rings. The first-order valence-corrected chi connectivity index (χ1v) is 11.4. The molecule has 0 saturated carbocycles. The summed E-state index contributed by atoms with van der Waals surface area (Å²) in [5, 5.41) is 80.9. The molecule has 50 heavy (non-hydrogen) atoms. The predicted octanol–water partition coefficient (Wildman–Crippen LogP) is -4.44. The molecule has 0 saturated heterocycles. The van der Waals surface area contributed by atoms with Crippen LogP contribution >= 0.6 is 0 Å². The van der Waals surface area contributed by atoms with Gasteiger partial charge in [-0.05, 0) is 13.8 Å². The van der Waals surface area contributed by atoms with E-state index in [4.69, 9.17) is 51.5 Å². The summed E-state index contributed by atoms with van der Waals surface area (Å²) >= 11 is 0. The monoisotopic (exact) mass is 730 g/mol. The number of carbonyl (C=O) groups excluding carboxylic acids is 5. The summed E-state index contributed by atoms with van der Waals surface area (Å²) in [5.41, 5.74) is 2.14. The maximum atomic E-state index is 10.2. The number of nitrogens with zero attached hydrogens (tertiary/aromatic N) is 3. The summed E-state index contributed by atoms with van der Waals surface area (Å²) in [7, 11) is 0. The first-order valence-electron chi connectivity index (χ1n) is 11.4. The molecule has 0 aromatic heterocycles. The second kappa shape index (κ2) is 37.1. The third kappa shape index (κ3) is 37.8. The number of hydrogen-bond acceptors (Lipinski definition) is 18. The maximum Gasteiger partial charge on any atom is 1.00 e. The predicted molar refractivity (Wildman–Crippen MR) is 150 cm³/mol. The molecule has 0 rings (SSSR count). The number of primary amides is 1. The Morgan fingerprint density at radius 1 is 0.640 bits per heavy atom. The fourth-order valence-corrected chi connectivity index (χ4v) is 1.36. The van der Waals surface area contributed by atoms with Crippen LogP contribution in [0.2, 0.25) is 0 Å². The van der Waals surface area contributed by atoms with Crippen LogP contribution < -0.4 is 35.3 Å². The topological polar surface area (TPSA) is 458 Å². The molecule has 0 aromatic carbocycles. The molecule has 0 spiro atoms. The molecule has 0 aliphatic carbocycles. The molecule has 0 aliphatic rings. The zero-order chi connectivity index (χ0) is 38.4. The van der Waals surface area contributed by atoms with Crippen LogP contribution in [0.15, 0.2) is 22.7 Å². The minimum Gasteiger partial charge on any atom is -0.870 e. The summed E-state index contributed by atoms with van der Waals surface area (Å²) in [6, 6.07) is 3.74. The summed E-state index contributed by atoms with van der Waals surface area (Å²) in [4.78, 5) is 99.7. The van der Waals surface area contributed by atoms with Crippen LogP contribution in [-0.4, -0.2) is 114 Å². The molecular formula is C25H31N4NaO20. The van der Waals surface area contributed by atoms with Gasteiger partial charge in [0, 0.05) is 6.92 Å². The smallest absolute Gasteiger partial charge is 0.870 e. The summed E-state index contributed by atoms with van der Waals surface area (Å²) in [5.74, 6) is -15.6. The molecule has 0 unspecified atom stereocenters. The number of ketones is 2. The fourth-order valence-electron chi connectivity index (χ4n) is 1.36. The number of carboxylic acid groups (broad SMARTS) is 5. The van der Waals surface area contributed by atoms with Crippen LogP contribution in [0.4, 0.5) is 0 Å². The van der Waals surface area contributed by atoms with E-state index in [1.807, 2.05) is 0 Å². The Bertz CT molecular complexity index is 1360. The normalized spacial score (nSPS) is 8.96. The third-order valence-electron chi connectivity index (χ3n) is 3.20. The van der Waals surface area contributed by atoms with Crippen LogP contribution in [-0.2, 0) is 57.4 Å². The van der Waals surface area contributed by atoms with E-state index >= 15 is 0 Å². The van der Waals surface area contributed by atoms with Crippen molar-refractivity contribution in [1.29, 1.82) is 15.8 Å². The van der Waals surface area contributed by atoms with Gasteiger partial charge >= 0.3 is 71.3 Å². The Morgan fingerprint density at radius 2 is 0.980 bits per heavy atom. The number of aliphatic hydroxyl groups is 2. The molecule has 25 heteroatoms. The van der Waals surface area contributed by atoms with Gasteiger partial charge in [0.25, 0.3) is 0 Å². The summed E-state index contributed by atoms with van der Waals surface area (Å²) in [6.45, 7) is 5.15. The van der Waals surface area contributed by atoms with Gasteiger partial charge in [-0.2, -0.15) is 15.8 Å². The van der Waals surface area contributed by atoms with Crippen molar-refractivity contribution in [2.24, 2.45) is 5.73 Å². The molecule has 0 atom stereocenters. The number of esters is 2. The van der Waals surface area contributed by atoms with Crippen LogP contribution in [0.1, 0.15) is 41.0 Å². The van der Waals surface area contributed by atoms with E-state index in [9.17, 15) is 47.9 Å². The minimum atomic E-state index is -1.84. The van der Waals surface area contributed by atoms with Gasteiger partial charge in [-0.25, -0.2) is 28.8 Å². The van der Waals surface area contributed by atoms with Crippen molar-refractivity contribution in [3.8, 4) is 18.2 Å². The number of Topliss-reactive ketones (excluding diaryl/α,β-unsaturated/α-hetero) is 2. The van der Waals surface area contributed by atoms with Crippen molar-refractivity contribution < 1.29 is 128 Å². The Kier molecular flexibility index (Phi) is 46.3. The Hall–Kier alpha value is -6.39. The molecular weight excluding hydrogens is 699 g/mol. The van der Waals surface area contributed by atoms with Gasteiger partial charge in [-0.1, -0.05) is 7.43 Å². The number of carbonyl (C=O) groups is 10. The molecule has 1 amide bonds. The first kappa shape index (κ1) is 62.4.